The second-order valence-electron chi connectivity index (χ2n) is 3.76. The van der Waals surface area contributed by atoms with Gasteiger partial charge in [0, 0.05) is 18.0 Å². The molecule has 2 rings (SSSR count). The molecule has 0 saturated carbocycles. The zero-order valence-electron chi connectivity index (χ0n) is 8.26. The fourth-order valence-electron chi connectivity index (χ4n) is 1.91. The highest BCUT2D eigenvalue weighted by atomic mass is 32.1. The first-order chi connectivity index (χ1) is 7.18. The Morgan fingerprint density at radius 3 is 2.80 bits per heavy atom. The third-order valence-electron chi connectivity index (χ3n) is 2.76. The van der Waals surface area contributed by atoms with Crippen molar-refractivity contribution >= 4 is 24.3 Å². The molecule has 0 aromatic heterocycles. The van der Waals surface area contributed by atoms with Crippen LogP contribution in [-0.4, -0.2) is 24.2 Å². The minimum Gasteiger partial charge on any atom is -0.481 e. The zero-order chi connectivity index (χ0) is 10.8. The number of nitrogens with zero attached hydrogens (tertiary/aromatic N) is 1. The zero-order valence-corrected chi connectivity index (χ0v) is 9.15. The Morgan fingerprint density at radius 1 is 1.47 bits per heavy atom. The van der Waals surface area contributed by atoms with Crippen LogP contribution in [0.25, 0.3) is 0 Å². The van der Waals surface area contributed by atoms with E-state index in [1.54, 1.807) is 0 Å². The summed E-state index contributed by atoms with van der Waals surface area (Å²) in [6.45, 7) is 1.39. The lowest BCUT2D eigenvalue weighted by molar-refractivity contribution is -0.140. The SMILES string of the molecule is O=C(O)[C@H]1CCN(c2ccccc2S)C1. The Balaban J connectivity index is 2.14. The second kappa shape index (κ2) is 4.14. The molecule has 1 N–H and O–H groups in total. The van der Waals surface area contributed by atoms with Crippen LogP contribution in [0.4, 0.5) is 5.69 Å². The van der Waals surface area contributed by atoms with Crippen molar-refractivity contribution in [2.24, 2.45) is 5.92 Å². The molecule has 80 valence electrons. The van der Waals surface area contributed by atoms with Crippen molar-refractivity contribution in [2.75, 3.05) is 18.0 Å². The number of carbonyl (C=O) groups is 1. The van der Waals surface area contributed by atoms with Crippen LogP contribution in [0.3, 0.4) is 0 Å². The summed E-state index contributed by atoms with van der Waals surface area (Å²) >= 11 is 4.37. The first-order valence-electron chi connectivity index (χ1n) is 4.94. The first-order valence-corrected chi connectivity index (χ1v) is 5.39. The Kier molecular flexibility index (Phi) is 2.86. The summed E-state index contributed by atoms with van der Waals surface area (Å²) in [7, 11) is 0. The molecule has 1 aromatic carbocycles. The van der Waals surface area contributed by atoms with Gasteiger partial charge in [-0.15, -0.1) is 12.6 Å². The molecule has 1 aliphatic rings. The van der Waals surface area contributed by atoms with Gasteiger partial charge in [-0.1, -0.05) is 12.1 Å². The number of thiol groups is 1. The van der Waals surface area contributed by atoms with Crippen molar-refractivity contribution in [1.29, 1.82) is 0 Å². The summed E-state index contributed by atoms with van der Waals surface area (Å²) < 4.78 is 0. The van der Waals surface area contributed by atoms with Gasteiger partial charge in [0.1, 0.15) is 0 Å². The van der Waals surface area contributed by atoms with Gasteiger partial charge in [0.05, 0.1) is 11.6 Å². The summed E-state index contributed by atoms with van der Waals surface area (Å²) in [6, 6.07) is 7.78. The number of aliphatic carboxylic acids is 1. The van der Waals surface area contributed by atoms with Crippen LogP contribution in [0.5, 0.6) is 0 Å². The molecule has 0 unspecified atom stereocenters. The predicted molar refractivity (Wildman–Crippen MR) is 61.6 cm³/mol. The highest BCUT2D eigenvalue weighted by Crippen LogP contribution is 2.28. The Hall–Kier alpha value is -1.16. The fraction of sp³-hybridized carbons (Fsp3) is 0.364. The van der Waals surface area contributed by atoms with Crippen molar-refractivity contribution in [3.63, 3.8) is 0 Å². The van der Waals surface area contributed by atoms with Crippen LogP contribution in [0, 0.1) is 5.92 Å². The molecule has 1 aliphatic heterocycles. The average Bonchev–Trinajstić information content (AvgIpc) is 2.67. The number of carboxylic acid groups (broad SMARTS) is 1. The number of hydrogen-bond acceptors (Lipinski definition) is 3. The first kappa shape index (κ1) is 10.4. The van der Waals surface area contributed by atoms with E-state index in [9.17, 15) is 4.79 Å². The van der Waals surface area contributed by atoms with Crippen molar-refractivity contribution in [2.45, 2.75) is 11.3 Å². The summed E-state index contributed by atoms with van der Waals surface area (Å²) in [5, 5.41) is 8.90. The molecule has 1 fully saturated rings. The van der Waals surface area contributed by atoms with Crippen LogP contribution in [-0.2, 0) is 4.79 Å². The monoisotopic (exact) mass is 223 g/mol. The smallest absolute Gasteiger partial charge is 0.308 e. The number of anilines is 1. The Labute approximate surface area is 94.1 Å². The van der Waals surface area contributed by atoms with Gasteiger partial charge in [-0.3, -0.25) is 4.79 Å². The molecule has 0 bridgehead atoms. The van der Waals surface area contributed by atoms with E-state index in [2.05, 4.69) is 17.5 Å². The van der Waals surface area contributed by atoms with Crippen molar-refractivity contribution < 1.29 is 9.90 Å². The normalized spacial score (nSPS) is 20.6. The van der Waals surface area contributed by atoms with Crippen molar-refractivity contribution in [1.82, 2.24) is 0 Å². The standard InChI is InChI=1S/C11H13NO2S/c13-11(14)8-5-6-12(7-8)9-3-1-2-4-10(9)15/h1-4,8,15H,5-7H2,(H,13,14)/t8-/m0/s1. The minimum absolute atomic E-state index is 0.238. The van der Waals surface area contributed by atoms with Gasteiger partial charge in [-0.2, -0.15) is 0 Å². The van der Waals surface area contributed by atoms with Crippen molar-refractivity contribution in [3.8, 4) is 0 Å². The summed E-state index contributed by atoms with van der Waals surface area (Å²) in [5.74, 6) is -0.938. The van der Waals surface area contributed by atoms with E-state index in [-0.39, 0.29) is 5.92 Å². The summed E-state index contributed by atoms with van der Waals surface area (Å²) in [4.78, 5) is 13.8. The van der Waals surface area contributed by atoms with E-state index in [4.69, 9.17) is 5.11 Å². The molecule has 1 saturated heterocycles. The number of para-hydroxylation sites is 1. The van der Waals surface area contributed by atoms with E-state index in [0.29, 0.717) is 6.54 Å². The molecule has 1 atom stereocenters. The van der Waals surface area contributed by atoms with E-state index in [1.807, 2.05) is 24.3 Å². The molecular weight excluding hydrogens is 210 g/mol. The average molecular weight is 223 g/mol. The molecule has 0 spiro atoms. The van der Waals surface area contributed by atoms with Gasteiger partial charge >= 0.3 is 5.97 Å². The fourth-order valence-corrected chi connectivity index (χ4v) is 2.21. The highest BCUT2D eigenvalue weighted by molar-refractivity contribution is 7.80. The lowest BCUT2D eigenvalue weighted by Gasteiger charge is -2.19. The Morgan fingerprint density at radius 2 is 2.20 bits per heavy atom. The molecule has 4 heteroatoms. The minimum atomic E-state index is -0.700. The maximum absolute atomic E-state index is 10.8. The second-order valence-corrected chi connectivity index (χ2v) is 4.24. The van der Waals surface area contributed by atoms with Gasteiger partial charge in [0.15, 0.2) is 0 Å². The number of rotatable bonds is 2. The third-order valence-corrected chi connectivity index (χ3v) is 3.14. The molecule has 3 nitrogen and oxygen atoms in total. The van der Waals surface area contributed by atoms with Gasteiger partial charge < -0.3 is 10.0 Å². The molecule has 1 aromatic rings. The quantitative estimate of drug-likeness (QED) is 0.752. The van der Waals surface area contributed by atoms with Gasteiger partial charge in [0.25, 0.3) is 0 Å². The van der Waals surface area contributed by atoms with Crippen LogP contribution in [0.15, 0.2) is 29.2 Å². The summed E-state index contributed by atoms with van der Waals surface area (Å²) in [5.41, 5.74) is 1.03. The van der Waals surface area contributed by atoms with E-state index >= 15 is 0 Å². The lowest BCUT2D eigenvalue weighted by Crippen LogP contribution is -2.22. The Bertz CT molecular complexity index is 381. The van der Waals surface area contributed by atoms with Crippen LogP contribution in [0.1, 0.15) is 6.42 Å². The topological polar surface area (TPSA) is 40.5 Å². The van der Waals surface area contributed by atoms with Gasteiger partial charge in [-0.05, 0) is 18.6 Å². The third kappa shape index (κ3) is 2.09. The maximum atomic E-state index is 10.8. The molecular formula is C11H13NO2S. The highest BCUT2D eigenvalue weighted by Gasteiger charge is 2.28. The largest absolute Gasteiger partial charge is 0.481 e. The van der Waals surface area contributed by atoms with E-state index in [1.165, 1.54) is 0 Å². The molecule has 15 heavy (non-hydrogen) atoms. The maximum Gasteiger partial charge on any atom is 0.308 e. The molecule has 0 amide bonds. The molecule has 0 aliphatic carbocycles. The van der Waals surface area contributed by atoms with Crippen molar-refractivity contribution in [3.05, 3.63) is 24.3 Å². The molecule has 0 radical (unpaired) electrons. The lowest BCUT2D eigenvalue weighted by atomic mass is 10.1. The van der Waals surface area contributed by atoms with Crippen LogP contribution >= 0.6 is 12.6 Å². The van der Waals surface area contributed by atoms with Gasteiger partial charge in [0.2, 0.25) is 0 Å². The summed E-state index contributed by atoms with van der Waals surface area (Å²) in [6.07, 6.45) is 0.720. The number of carboxylic acids is 1. The van der Waals surface area contributed by atoms with Crippen LogP contribution < -0.4 is 4.90 Å². The number of benzene rings is 1. The molecule has 1 heterocycles. The van der Waals surface area contributed by atoms with Crippen LogP contribution in [0.2, 0.25) is 0 Å². The van der Waals surface area contributed by atoms with E-state index < -0.39 is 5.97 Å². The van der Waals surface area contributed by atoms with Gasteiger partial charge in [-0.25, -0.2) is 0 Å². The predicted octanol–water partition coefficient (Wildman–Crippen LogP) is 1.89. The van der Waals surface area contributed by atoms with E-state index in [0.717, 1.165) is 23.5 Å². The number of hydrogen-bond donors (Lipinski definition) is 2.